The first-order chi connectivity index (χ1) is 7.27. The van der Waals surface area contributed by atoms with Gasteiger partial charge < -0.3 is 4.74 Å². The van der Waals surface area contributed by atoms with Crippen LogP contribution in [0.5, 0.6) is 5.75 Å². The van der Waals surface area contributed by atoms with Gasteiger partial charge >= 0.3 is 0 Å². The second kappa shape index (κ2) is 3.46. The summed E-state index contributed by atoms with van der Waals surface area (Å²) in [6.07, 6.45) is 0.752. The second-order valence-electron chi connectivity index (χ2n) is 4.67. The van der Waals surface area contributed by atoms with Gasteiger partial charge in [0.1, 0.15) is 17.1 Å². The Morgan fingerprint density at radius 3 is 2.75 bits per heavy atom. The van der Waals surface area contributed by atoms with Crippen molar-refractivity contribution in [2.45, 2.75) is 31.6 Å². The van der Waals surface area contributed by atoms with Crippen molar-refractivity contribution in [3.63, 3.8) is 0 Å². The fourth-order valence-electron chi connectivity index (χ4n) is 1.99. The molecule has 0 saturated carbocycles. The lowest BCUT2D eigenvalue weighted by Crippen LogP contribution is -2.25. The maximum Gasteiger partial charge on any atom is 0.269 e. The number of benzene rings is 1. The quantitative estimate of drug-likeness (QED) is 0.803. The van der Waals surface area contributed by atoms with E-state index in [9.17, 15) is 8.42 Å². The second-order valence-corrected chi connectivity index (χ2v) is 6.12. The van der Waals surface area contributed by atoms with Gasteiger partial charge in [-0.25, -0.2) is 0 Å². The fourth-order valence-corrected chi connectivity index (χ4v) is 2.61. The Morgan fingerprint density at radius 2 is 2.12 bits per heavy atom. The van der Waals surface area contributed by atoms with Crippen molar-refractivity contribution in [3.8, 4) is 5.75 Å². The molecule has 0 atom stereocenters. The molecule has 2 rings (SSSR count). The summed E-state index contributed by atoms with van der Waals surface area (Å²) in [5.41, 5.74) is 1.20. The molecule has 1 aliphatic heterocycles. The van der Waals surface area contributed by atoms with Crippen molar-refractivity contribution in [2.24, 2.45) is 0 Å². The van der Waals surface area contributed by atoms with Crippen LogP contribution in [0.4, 0.5) is 0 Å². The van der Waals surface area contributed by atoms with Crippen LogP contribution in [0.15, 0.2) is 18.2 Å². The zero-order chi connectivity index (χ0) is 12.0. The highest BCUT2D eigenvalue weighted by molar-refractivity contribution is 7.85. The third kappa shape index (κ3) is 2.36. The summed E-state index contributed by atoms with van der Waals surface area (Å²) in [6, 6.07) is 5.36. The van der Waals surface area contributed by atoms with Gasteiger partial charge in [0.05, 0.1) is 0 Å². The van der Waals surface area contributed by atoms with E-state index in [-0.39, 0.29) is 5.60 Å². The topological polar surface area (TPSA) is 63.6 Å². The maximum atomic E-state index is 10.9. The third-order valence-electron chi connectivity index (χ3n) is 2.51. The van der Waals surface area contributed by atoms with Gasteiger partial charge in [-0.2, -0.15) is 8.42 Å². The van der Waals surface area contributed by atoms with Crippen LogP contribution in [0.2, 0.25) is 0 Å². The number of hydrogen-bond acceptors (Lipinski definition) is 3. The van der Waals surface area contributed by atoms with E-state index in [1.807, 2.05) is 19.9 Å². The molecule has 4 nitrogen and oxygen atoms in total. The highest BCUT2D eigenvalue weighted by atomic mass is 32.2. The predicted molar refractivity (Wildman–Crippen MR) is 60.1 cm³/mol. The molecule has 0 aromatic heterocycles. The summed E-state index contributed by atoms with van der Waals surface area (Å²) < 4.78 is 36.3. The van der Waals surface area contributed by atoms with Crippen molar-refractivity contribution in [2.75, 3.05) is 0 Å². The molecule has 0 fully saturated rings. The lowest BCUT2D eigenvalue weighted by atomic mass is 10.0. The first-order valence-electron chi connectivity index (χ1n) is 5.02. The van der Waals surface area contributed by atoms with E-state index in [1.54, 1.807) is 12.1 Å². The Hall–Kier alpha value is -1.07. The van der Waals surface area contributed by atoms with Gasteiger partial charge in [0.15, 0.2) is 0 Å². The Morgan fingerprint density at radius 1 is 1.44 bits per heavy atom. The molecule has 0 unspecified atom stereocenters. The molecule has 0 bridgehead atoms. The maximum absolute atomic E-state index is 10.9. The summed E-state index contributed by atoms with van der Waals surface area (Å²) in [4.78, 5) is 0. The first kappa shape index (κ1) is 11.4. The molecule has 0 radical (unpaired) electrons. The van der Waals surface area contributed by atoms with Gasteiger partial charge in [-0.15, -0.1) is 0 Å². The Bertz CT molecular complexity index is 517. The van der Waals surface area contributed by atoms with Crippen LogP contribution in [0.25, 0.3) is 0 Å². The number of ether oxygens (including phenoxy) is 1. The van der Waals surface area contributed by atoms with Gasteiger partial charge in [-0.3, -0.25) is 4.55 Å². The van der Waals surface area contributed by atoms with Crippen LogP contribution in [0.3, 0.4) is 0 Å². The van der Waals surface area contributed by atoms with Gasteiger partial charge in [-0.05, 0) is 19.4 Å². The fraction of sp³-hybridized carbons (Fsp3) is 0.455. The molecule has 1 heterocycles. The summed E-state index contributed by atoms with van der Waals surface area (Å²) in [6.45, 7) is 3.90. The van der Waals surface area contributed by atoms with E-state index >= 15 is 0 Å². The lowest BCUT2D eigenvalue weighted by molar-refractivity contribution is 0.137. The summed E-state index contributed by atoms with van der Waals surface area (Å²) in [7, 11) is -4.02. The molecule has 0 spiro atoms. The molecule has 5 heteroatoms. The van der Waals surface area contributed by atoms with Crippen LogP contribution in [0.1, 0.15) is 25.0 Å². The van der Waals surface area contributed by atoms with Crippen molar-refractivity contribution < 1.29 is 17.7 Å². The number of para-hydroxylation sites is 1. The minimum atomic E-state index is -4.02. The first-order valence-corrected chi connectivity index (χ1v) is 6.63. The average Bonchev–Trinajstić information content (AvgIpc) is 2.37. The number of fused-ring (bicyclic) bond motifs is 1. The molecule has 1 aliphatic rings. The standard InChI is InChI=1S/C11H14O4S/c1-11(2)6-8-4-3-5-9(10(8)15-11)7-16(12,13)14/h3-5H,6-7H2,1-2H3,(H,12,13,14). The van der Waals surface area contributed by atoms with E-state index in [4.69, 9.17) is 9.29 Å². The molecule has 0 amide bonds. The van der Waals surface area contributed by atoms with Gasteiger partial charge in [0.2, 0.25) is 0 Å². The van der Waals surface area contributed by atoms with Gasteiger partial charge in [-0.1, -0.05) is 18.2 Å². The van der Waals surface area contributed by atoms with Crippen LogP contribution >= 0.6 is 0 Å². The zero-order valence-electron chi connectivity index (χ0n) is 9.23. The van der Waals surface area contributed by atoms with Crippen molar-refractivity contribution in [1.82, 2.24) is 0 Å². The highest BCUT2D eigenvalue weighted by Crippen LogP contribution is 2.38. The third-order valence-corrected chi connectivity index (χ3v) is 3.19. The van der Waals surface area contributed by atoms with Crippen molar-refractivity contribution in [1.29, 1.82) is 0 Å². The van der Waals surface area contributed by atoms with E-state index < -0.39 is 15.9 Å². The molecule has 1 aromatic rings. The molecule has 1 N–H and O–H groups in total. The molecular weight excluding hydrogens is 228 g/mol. The van der Waals surface area contributed by atoms with E-state index in [0.29, 0.717) is 11.3 Å². The SMILES string of the molecule is CC1(C)Cc2cccc(CS(=O)(=O)O)c2O1. The summed E-state index contributed by atoms with van der Waals surface area (Å²) >= 11 is 0. The van der Waals surface area contributed by atoms with Gasteiger partial charge in [0, 0.05) is 12.0 Å². The van der Waals surface area contributed by atoms with E-state index in [1.165, 1.54) is 0 Å². The summed E-state index contributed by atoms with van der Waals surface area (Å²) in [5, 5.41) is 0. The number of hydrogen-bond donors (Lipinski definition) is 1. The molecule has 16 heavy (non-hydrogen) atoms. The molecular formula is C11H14O4S. The highest BCUT2D eigenvalue weighted by Gasteiger charge is 2.32. The lowest BCUT2D eigenvalue weighted by Gasteiger charge is -2.18. The summed E-state index contributed by atoms with van der Waals surface area (Å²) in [5.74, 6) is 0.205. The number of rotatable bonds is 2. The molecule has 88 valence electrons. The molecule has 0 aliphatic carbocycles. The van der Waals surface area contributed by atoms with Crippen LogP contribution in [-0.2, 0) is 22.3 Å². The molecule has 1 aromatic carbocycles. The Labute approximate surface area is 95.0 Å². The van der Waals surface area contributed by atoms with Gasteiger partial charge in [0.25, 0.3) is 10.1 Å². The van der Waals surface area contributed by atoms with Crippen LogP contribution < -0.4 is 4.74 Å². The minimum Gasteiger partial charge on any atom is -0.487 e. The van der Waals surface area contributed by atoms with Crippen molar-refractivity contribution >= 4 is 10.1 Å². The zero-order valence-corrected chi connectivity index (χ0v) is 10.0. The normalized spacial score (nSPS) is 17.9. The predicted octanol–water partition coefficient (Wildman–Crippen LogP) is 1.79. The Balaban J connectivity index is 2.41. The Kier molecular flexibility index (Phi) is 2.47. The average molecular weight is 242 g/mol. The van der Waals surface area contributed by atoms with Crippen LogP contribution in [0, 0.1) is 0 Å². The van der Waals surface area contributed by atoms with E-state index in [0.717, 1.165) is 12.0 Å². The smallest absolute Gasteiger partial charge is 0.269 e. The monoisotopic (exact) mass is 242 g/mol. The van der Waals surface area contributed by atoms with E-state index in [2.05, 4.69) is 0 Å². The van der Waals surface area contributed by atoms with Crippen molar-refractivity contribution in [3.05, 3.63) is 29.3 Å². The molecule has 0 saturated heterocycles. The minimum absolute atomic E-state index is 0.308. The van der Waals surface area contributed by atoms with Crippen LogP contribution in [-0.4, -0.2) is 18.6 Å². The largest absolute Gasteiger partial charge is 0.487 e.